The van der Waals surface area contributed by atoms with Crippen molar-refractivity contribution >= 4 is 11.8 Å². The molecule has 0 radical (unpaired) electrons. The SMILES string of the molecule is CCOC(=O)C(=O)C(N)Cc1ccccc1. The van der Waals surface area contributed by atoms with E-state index in [0.717, 1.165) is 5.56 Å². The molecule has 0 spiro atoms. The first-order chi connectivity index (χ1) is 7.65. The van der Waals surface area contributed by atoms with Gasteiger partial charge in [0.15, 0.2) is 0 Å². The summed E-state index contributed by atoms with van der Waals surface area (Å²) in [5.41, 5.74) is 6.55. The highest BCUT2D eigenvalue weighted by molar-refractivity contribution is 6.35. The van der Waals surface area contributed by atoms with Crippen molar-refractivity contribution in [3.05, 3.63) is 35.9 Å². The lowest BCUT2D eigenvalue weighted by Gasteiger charge is -2.09. The average Bonchev–Trinajstić information content (AvgIpc) is 2.29. The summed E-state index contributed by atoms with van der Waals surface area (Å²) in [4.78, 5) is 22.6. The Hall–Kier alpha value is -1.68. The average molecular weight is 221 g/mol. The largest absolute Gasteiger partial charge is 0.460 e. The zero-order chi connectivity index (χ0) is 12.0. The third kappa shape index (κ3) is 3.47. The Balaban J connectivity index is 2.55. The maximum absolute atomic E-state index is 11.4. The Morgan fingerprint density at radius 3 is 2.50 bits per heavy atom. The van der Waals surface area contributed by atoms with Crippen LogP contribution in [0.1, 0.15) is 12.5 Å². The summed E-state index contributed by atoms with van der Waals surface area (Å²) in [6.07, 6.45) is 0.346. The molecule has 0 heterocycles. The van der Waals surface area contributed by atoms with Crippen molar-refractivity contribution in [1.82, 2.24) is 0 Å². The molecule has 0 aliphatic rings. The van der Waals surface area contributed by atoms with Gasteiger partial charge in [-0.1, -0.05) is 30.3 Å². The fourth-order valence-corrected chi connectivity index (χ4v) is 1.31. The number of benzene rings is 1. The van der Waals surface area contributed by atoms with E-state index in [4.69, 9.17) is 5.73 Å². The second-order valence-electron chi connectivity index (χ2n) is 3.38. The molecule has 86 valence electrons. The third-order valence-electron chi connectivity index (χ3n) is 2.11. The van der Waals surface area contributed by atoms with Gasteiger partial charge in [0.1, 0.15) is 0 Å². The molecule has 2 N–H and O–H groups in total. The van der Waals surface area contributed by atoms with Crippen LogP contribution in [0.4, 0.5) is 0 Å². The predicted molar refractivity (Wildman–Crippen MR) is 59.8 cm³/mol. The van der Waals surface area contributed by atoms with Crippen molar-refractivity contribution in [3.63, 3.8) is 0 Å². The number of nitrogens with two attached hydrogens (primary N) is 1. The summed E-state index contributed by atoms with van der Waals surface area (Å²) in [5, 5.41) is 0. The molecule has 0 bridgehead atoms. The molecule has 16 heavy (non-hydrogen) atoms. The zero-order valence-electron chi connectivity index (χ0n) is 9.18. The van der Waals surface area contributed by atoms with E-state index in [0.29, 0.717) is 6.42 Å². The third-order valence-corrected chi connectivity index (χ3v) is 2.11. The van der Waals surface area contributed by atoms with Gasteiger partial charge >= 0.3 is 5.97 Å². The number of rotatable bonds is 5. The Bertz CT molecular complexity index is 362. The molecule has 0 aromatic heterocycles. The quantitative estimate of drug-likeness (QED) is 0.586. The van der Waals surface area contributed by atoms with Crippen LogP contribution < -0.4 is 5.73 Å². The molecule has 1 unspecified atom stereocenters. The van der Waals surface area contributed by atoms with E-state index in [-0.39, 0.29) is 6.61 Å². The first-order valence-electron chi connectivity index (χ1n) is 5.15. The van der Waals surface area contributed by atoms with Crippen molar-refractivity contribution < 1.29 is 14.3 Å². The number of esters is 1. The Labute approximate surface area is 94.4 Å². The summed E-state index contributed by atoms with van der Waals surface area (Å²) in [5.74, 6) is -1.53. The van der Waals surface area contributed by atoms with Gasteiger partial charge in [-0.05, 0) is 18.9 Å². The van der Waals surface area contributed by atoms with Crippen LogP contribution in [0.15, 0.2) is 30.3 Å². The first-order valence-corrected chi connectivity index (χ1v) is 5.15. The first kappa shape index (κ1) is 12.4. The maximum Gasteiger partial charge on any atom is 0.376 e. The number of hydrogen-bond donors (Lipinski definition) is 1. The molecule has 4 nitrogen and oxygen atoms in total. The molecule has 0 aliphatic carbocycles. The van der Waals surface area contributed by atoms with Gasteiger partial charge in [-0.15, -0.1) is 0 Å². The second-order valence-corrected chi connectivity index (χ2v) is 3.38. The highest BCUT2D eigenvalue weighted by atomic mass is 16.5. The van der Waals surface area contributed by atoms with Crippen molar-refractivity contribution in [1.29, 1.82) is 0 Å². The highest BCUT2D eigenvalue weighted by Gasteiger charge is 2.22. The van der Waals surface area contributed by atoms with E-state index >= 15 is 0 Å². The minimum atomic E-state index is -0.856. The normalized spacial score (nSPS) is 11.9. The number of ketones is 1. The van der Waals surface area contributed by atoms with Gasteiger partial charge in [-0.3, -0.25) is 4.79 Å². The zero-order valence-corrected chi connectivity index (χ0v) is 9.18. The van der Waals surface area contributed by atoms with Crippen LogP contribution in [-0.2, 0) is 20.7 Å². The van der Waals surface area contributed by atoms with Crippen LogP contribution in [0.2, 0.25) is 0 Å². The Morgan fingerprint density at radius 2 is 1.94 bits per heavy atom. The maximum atomic E-state index is 11.4. The molecular formula is C12H15NO3. The number of Topliss-reactive ketones (excluding diaryl/α,β-unsaturated/α-hetero) is 1. The Kier molecular flexibility index (Phi) is 4.66. The summed E-state index contributed by atoms with van der Waals surface area (Å²) in [7, 11) is 0. The van der Waals surface area contributed by atoms with Crippen molar-refractivity contribution in [2.45, 2.75) is 19.4 Å². The molecule has 0 aliphatic heterocycles. The lowest BCUT2D eigenvalue weighted by atomic mass is 10.0. The molecule has 0 amide bonds. The summed E-state index contributed by atoms with van der Waals surface area (Å²) in [6, 6.07) is 8.48. The van der Waals surface area contributed by atoms with E-state index in [1.54, 1.807) is 6.92 Å². The fraction of sp³-hybridized carbons (Fsp3) is 0.333. The lowest BCUT2D eigenvalue weighted by molar-refractivity contribution is -0.154. The van der Waals surface area contributed by atoms with Crippen LogP contribution >= 0.6 is 0 Å². The Morgan fingerprint density at radius 1 is 1.31 bits per heavy atom. The van der Waals surface area contributed by atoms with E-state index < -0.39 is 17.8 Å². The minimum Gasteiger partial charge on any atom is -0.460 e. The molecule has 1 rings (SSSR count). The van der Waals surface area contributed by atoms with E-state index in [2.05, 4.69) is 4.74 Å². The smallest absolute Gasteiger partial charge is 0.376 e. The van der Waals surface area contributed by atoms with Crippen LogP contribution in [0, 0.1) is 0 Å². The molecule has 0 saturated heterocycles. The molecule has 0 saturated carbocycles. The minimum absolute atomic E-state index is 0.183. The van der Waals surface area contributed by atoms with Crippen LogP contribution in [0.3, 0.4) is 0 Å². The van der Waals surface area contributed by atoms with E-state index in [1.807, 2.05) is 30.3 Å². The topological polar surface area (TPSA) is 69.4 Å². The summed E-state index contributed by atoms with van der Waals surface area (Å²) in [6.45, 7) is 1.83. The molecule has 4 heteroatoms. The van der Waals surface area contributed by atoms with E-state index in [1.165, 1.54) is 0 Å². The number of ether oxygens (including phenoxy) is 1. The molecule has 1 aromatic carbocycles. The van der Waals surface area contributed by atoms with Crippen molar-refractivity contribution in [2.75, 3.05) is 6.61 Å². The lowest BCUT2D eigenvalue weighted by Crippen LogP contribution is -2.38. The fourth-order valence-electron chi connectivity index (χ4n) is 1.31. The summed E-state index contributed by atoms with van der Waals surface area (Å²) >= 11 is 0. The number of carbonyl (C=O) groups is 2. The molecule has 1 aromatic rings. The summed E-state index contributed by atoms with van der Waals surface area (Å²) < 4.78 is 4.59. The van der Waals surface area contributed by atoms with Crippen LogP contribution in [-0.4, -0.2) is 24.4 Å². The van der Waals surface area contributed by atoms with Gasteiger partial charge in [0, 0.05) is 0 Å². The van der Waals surface area contributed by atoms with Gasteiger partial charge in [0.05, 0.1) is 12.6 Å². The van der Waals surface area contributed by atoms with Crippen LogP contribution in [0.25, 0.3) is 0 Å². The predicted octanol–water partition coefficient (Wildman–Crippen LogP) is 0.689. The van der Waals surface area contributed by atoms with Gasteiger partial charge in [-0.25, -0.2) is 4.79 Å². The van der Waals surface area contributed by atoms with E-state index in [9.17, 15) is 9.59 Å². The highest BCUT2D eigenvalue weighted by Crippen LogP contribution is 2.03. The van der Waals surface area contributed by atoms with Gasteiger partial charge < -0.3 is 10.5 Å². The van der Waals surface area contributed by atoms with Crippen molar-refractivity contribution in [2.24, 2.45) is 5.73 Å². The van der Waals surface area contributed by atoms with Gasteiger partial charge in [0.25, 0.3) is 5.78 Å². The van der Waals surface area contributed by atoms with Crippen LogP contribution in [0.5, 0.6) is 0 Å². The van der Waals surface area contributed by atoms with Crippen molar-refractivity contribution in [3.8, 4) is 0 Å². The standard InChI is InChI=1S/C12H15NO3/c1-2-16-12(15)11(14)10(13)8-9-6-4-3-5-7-9/h3-7,10H,2,8,13H2,1H3. The molecule has 1 atom stereocenters. The number of carbonyl (C=O) groups excluding carboxylic acids is 2. The monoisotopic (exact) mass is 221 g/mol. The number of hydrogen-bond acceptors (Lipinski definition) is 4. The molecule has 0 fully saturated rings. The van der Waals surface area contributed by atoms with Gasteiger partial charge in [0.2, 0.25) is 0 Å². The second kappa shape index (κ2) is 6.02. The molecular weight excluding hydrogens is 206 g/mol. The van der Waals surface area contributed by atoms with Gasteiger partial charge in [-0.2, -0.15) is 0 Å².